The Labute approximate surface area is 124 Å². The highest BCUT2D eigenvalue weighted by Gasteiger charge is 2.24. The highest BCUT2D eigenvalue weighted by atomic mass is 16.4. The first-order valence-corrected chi connectivity index (χ1v) is 7.19. The molecule has 6 heteroatoms. The molecule has 0 aromatic carbocycles. The van der Waals surface area contributed by atoms with Crippen LogP contribution in [-0.2, 0) is 0 Å². The van der Waals surface area contributed by atoms with Crippen LogP contribution in [0.5, 0.6) is 0 Å². The second-order valence-corrected chi connectivity index (χ2v) is 5.69. The van der Waals surface area contributed by atoms with Crippen LogP contribution in [-0.4, -0.2) is 52.5 Å². The van der Waals surface area contributed by atoms with Crippen LogP contribution in [0, 0.1) is 5.92 Å². The van der Waals surface area contributed by atoms with Gasteiger partial charge >= 0.3 is 5.97 Å². The van der Waals surface area contributed by atoms with E-state index in [0.717, 1.165) is 19.5 Å². The van der Waals surface area contributed by atoms with Crippen molar-refractivity contribution in [1.82, 2.24) is 15.2 Å². The number of carbonyl (C=O) groups excluding carboxylic acids is 1. The van der Waals surface area contributed by atoms with Crippen LogP contribution >= 0.6 is 0 Å². The van der Waals surface area contributed by atoms with Gasteiger partial charge in [0.25, 0.3) is 5.91 Å². The lowest BCUT2D eigenvalue weighted by molar-refractivity contribution is 0.0689. The molecule has 21 heavy (non-hydrogen) atoms. The van der Waals surface area contributed by atoms with Crippen molar-refractivity contribution in [3.8, 4) is 0 Å². The van der Waals surface area contributed by atoms with Crippen molar-refractivity contribution in [2.75, 3.05) is 19.6 Å². The molecular formula is C15H21N3O3. The number of nitrogens with one attached hydrogen (secondary N) is 1. The molecule has 2 heterocycles. The van der Waals surface area contributed by atoms with Crippen LogP contribution < -0.4 is 5.32 Å². The maximum Gasteiger partial charge on any atom is 0.354 e. The molecule has 1 aromatic heterocycles. The van der Waals surface area contributed by atoms with Gasteiger partial charge in [-0.1, -0.05) is 0 Å². The van der Waals surface area contributed by atoms with Crippen LogP contribution in [0.15, 0.2) is 18.3 Å². The van der Waals surface area contributed by atoms with Crippen LogP contribution in [0.4, 0.5) is 0 Å². The summed E-state index contributed by atoms with van der Waals surface area (Å²) in [5.41, 5.74) is 0.327. The smallest absolute Gasteiger partial charge is 0.354 e. The van der Waals surface area contributed by atoms with Gasteiger partial charge in [0.2, 0.25) is 0 Å². The summed E-state index contributed by atoms with van der Waals surface area (Å²) < 4.78 is 0. The Morgan fingerprint density at radius 2 is 2.24 bits per heavy atom. The molecule has 2 rings (SSSR count). The van der Waals surface area contributed by atoms with Gasteiger partial charge in [0.15, 0.2) is 0 Å². The molecule has 0 spiro atoms. The number of nitrogens with zero attached hydrogens (tertiary/aromatic N) is 2. The van der Waals surface area contributed by atoms with Gasteiger partial charge in [-0.15, -0.1) is 0 Å². The summed E-state index contributed by atoms with van der Waals surface area (Å²) in [5, 5.41) is 11.7. The summed E-state index contributed by atoms with van der Waals surface area (Å²) in [6, 6.07) is 3.37. The molecule has 1 amide bonds. The monoisotopic (exact) mass is 291 g/mol. The third-order valence-electron chi connectivity index (χ3n) is 3.84. The van der Waals surface area contributed by atoms with Gasteiger partial charge < -0.3 is 15.3 Å². The minimum atomic E-state index is -1.10. The number of hydrogen-bond donors (Lipinski definition) is 2. The van der Waals surface area contributed by atoms with Crippen molar-refractivity contribution in [2.45, 2.75) is 26.3 Å². The van der Waals surface area contributed by atoms with E-state index in [2.05, 4.69) is 29.0 Å². The minimum absolute atomic E-state index is 0.0603. The lowest BCUT2D eigenvalue weighted by Crippen LogP contribution is -2.33. The van der Waals surface area contributed by atoms with E-state index in [9.17, 15) is 9.59 Å². The van der Waals surface area contributed by atoms with Gasteiger partial charge in [-0.3, -0.25) is 4.79 Å². The molecule has 0 bridgehead atoms. The van der Waals surface area contributed by atoms with Crippen molar-refractivity contribution in [1.29, 1.82) is 0 Å². The van der Waals surface area contributed by atoms with Crippen LogP contribution in [0.2, 0.25) is 0 Å². The number of hydrogen-bond acceptors (Lipinski definition) is 4. The summed E-state index contributed by atoms with van der Waals surface area (Å²) in [6.07, 6.45) is 2.39. The normalized spacial score (nSPS) is 18.9. The topological polar surface area (TPSA) is 82.5 Å². The van der Waals surface area contributed by atoms with E-state index in [1.807, 2.05) is 0 Å². The third kappa shape index (κ3) is 4.01. The lowest BCUT2D eigenvalue weighted by Gasteiger charge is -2.20. The second-order valence-electron chi connectivity index (χ2n) is 5.69. The standard InChI is InChI=1S/C15H21N3O3/c1-10(2)18-6-5-11(9-18)7-17-14(19)12-3-4-13(15(20)21)16-8-12/h3-4,8,10-11H,5-7,9H2,1-2H3,(H,17,19)(H,20,21). The molecule has 1 aliphatic heterocycles. The molecule has 1 aromatic rings. The maximum atomic E-state index is 12.0. The highest BCUT2D eigenvalue weighted by Crippen LogP contribution is 2.17. The Hall–Kier alpha value is -1.95. The predicted molar refractivity (Wildman–Crippen MR) is 78.3 cm³/mol. The van der Waals surface area contributed by atoms with Gasteiger partial charge in [-0.05, 0) is 44.9 Å². The molecule has 1 aliphatic rings. The predicted octanol–water partition coefficient (Wildman–Crippen LogP) is 1.24. The summed E-state index contributed by atoms with van der Waals surface area (Å²) in [7, 11) is 0. The molecule has 0 radical (unpaired) electrons. The van der Waals surface area contributed by atoms with E-state index in [4.69, 9.17) is 5.11 Å². The number of amides is 1. The molecule has 6 nitrogen and oxygen atoms in total. The molecule has 1 saturated heterocycles. The van der Waals surface area contributed by atoms with Gasteiger partial charge in [0.1, 0.15) is 5.69 Å². The number of aromatic nitrogens is 1. The van der Waals surface area contributed by atoms with Gasteiger partial charge in [0.05, 0.1) is 5.56 Å². The molecule has 0 saturated carbocycles. The second kappa shape index (κ2) is 6.67. The Bertz CT molecular complexity index is 513. The summed E-state index contributed by atoms with van der Waals surface area (Å²) >= 11 is 0. The van der Waals surface area contributed by atoms with Gasteiger partial charge in [-0.25, -0.2) is 9.78 Å². The van der Waals surface area contributed by atoms with Crippen molar-refractivity contribution < 1.29 is 14.7 Å². The zero-order valence-electron chi connectivity index (χ0n) is 12.4. The van der Waals surface area contributed by atoms with Gasteiger partial charge in [0, 0.05) is 25.3 Å². The minimum Gasteiger partial charge on any atom is -0.477 e. The first kappa shape index (κ1) is 15.4. The molecule has 0 aliphatic carbocycles. The van der Waals surface area contributed by atoms with Crippen LogP contribution in [0.3, 0.4) is 0 Å². The summed E-state index contributed by atoms with van der Waals surface area (Å²) in [5.74, 6) is -0.827. The van der Waals surface area contributed by atoms with Crippen molar-refractivity contribution >= 4 is 11.9 Å². The van der Waals surface area contributed by atoms with Crippen molar-refractivity contribution in [3.63, 3.8) is 0 Å². The fraction of sp³-hybridized carbons (Fsp3) is 0.533. The fourth-order valence-corrected chi connectivity index (χ4v) is 2.49. The van der Waals surface area contributed by atoms with Crippen LogP contribution in [0.25, 0.3) is 0 Å². The largest absolute Gasteiger partial charge is 0.477 e. The maximum absolute atomic E-state index is 12.0. The molecule has 2 N–H and O–H groups in total. The number of aromatic carboxylic acids is 1. The molecule has 1 atom stereocenters. The summed E-state index contributed by atoms with van der Waals surface area (Å²) in [6.45, 7) is 7.08. The van der Waals surface area contributed by atoms with Crippen LogP contribution in [0.1, 0.15) is 41.1 Å². The Balaban J connectivity index is 1.83. The number of pyridine rings is 1. The highest BCUT2D eigenvalue weighted by molar-refractivity contribution is 5.94. The fourth-order valence-electron chi connectivity index (χ4n) is 2.49. The van der Waals surface area contributed by atoms with E-state index < -0.39 is 5.97 Å². The number of carboxylic acid groups (broad SMARTS) is 1. The molecular weight excluding hydrogens is 270 g/mol. The zero-order chi connectivity index (χ0) is 15.4. The molecule has 1 fully saturated rings. The number of rotatable bonds is 5. The SMILES string of the molecule is CC(C)N1CCC(CNC(=O)c2ccc(C(=O)O)nc2)C1. The lowest BCUT2D eigenvalue weighted by atomic mass is 10.1. The van der Waals surface area contributed by atoms with E-state index in [0.29, 0.717) is 24.1 Å². The molecule has 114 valence electrons. The third-order valence-corrected chi connectivity index (χ3v) is 3.84. The average molecular weight is 291 g/mol. The van der Waals surface area contributed by atoms with E-state index in [1.165, 1.54) is 18.3 Å². The first-order valence-electron chi connectivity index (χ1n) is 7.19. The molecule has 1 unspecified atom stereocenters. The van der Waals surface area contributed by atoms with E-state index in [1.54, 1.807) is 0 Å². The van der Waals surface area contributed by atoms with Gasteiger partial charge in [-0.2, -0.15) is 0 Å². The van der Waals surface area contributed by atoms with Crippen molar-refractivity contribution in [2.24, 2.45) is 5.92 Å². The van der Waals surface area contributed by atoms with E-state index >= 15 is 0 Å². The average Bonchev–Trinajstić information content (AvgIpc) is 2.94. The number of likely N-dealkylation sites (tertiary alicyclic amines) is 1. The zero-order valence-corrected chi connectivity index (χ0v) is 12.4. The van der Waals surface area contributed by atoms with Crippen molar-refractivity contribution in [3.05, 3.63) is 29.6 Å². The Morgan fingerprint density at radius 3 is 2.76 bits per heavy atom. The number of carbonyl (C=O) groups is 2. The Kier molecular flexibility index (Phi) is 4.90. The Morgan fingerprint density at radius 1 is 1.48 bits per heavy atom. The van der Waals surface area contributed by atoms with E-state index in [-0.39, 0.29) is 11.6 Å². The quantitative estimate of drug-likeness (QED) is 0.853. The summed E-state index contributed by atoms with van der Waals surface area (Å²) in [4.78, 5) is 28.8. The number of carboxylic acids is 1. The first-order chi connectivity index (χ1) is 9.97.